The number of benzene rings is 2. The Morgan fingerprint density at radius 1 is 1.36 bits per heavy atom. The summed E-state index contributed by atoms with van der Waals surface area (Å²) in [6, 6.07) is 7.89. The number of ether oxygens (including phenoxy) is 1. The van der Waals surface area contributed by atoms with E-state index in [4.69, 9.17) is 10.5 Å². The van der Waals surface area contributed by atoms with Crippen LogP contribution < -0.4 is 4.74 Å². The predicted octanol–water partition coefficient (Wildman–Crippen LogP) is 3.74. The maximum atomic E-state index is 13.3. The highest BCUT2D eigenvalue weighted by Crippen LogP contribution is 2.48. The van der Waals surface area contributed by atoms with Crippen molar-refractivity contribution in [3.8, 4) is 18.1 Å². The first-order valence-electron chi connectivity index (χ1n) is 10.1. The fourth-order valence-electron chi connectivity index (χ4n) is 4.23. The van der Waals surface area contributed by atoms with Gasteiger partial charge in [0, 0.05) is 40.3 Å². The normalized spacial score (nSPS) is 22.1. The van der Waals surface area contributed by atoms with Crippen molar-refractivity contribution in [3.05, 3.63) is 58.9 Å². The number of aromatic nitrogens is 2. The largest absolute Gasteiger partial charge is 0.435 e. The van der Waals surface area contributed by atoms with Gasteiger partial charge in [0.05, 0.1) is 23.1 Å². The Balaban J connectivity index is 1.82. The quantitative estimate of drug-likeness (QED) is 0.635. The van der Waals surface area contributed by atoms with Crippen LogP contribution in [0.5, 0.6) is 5.75 Å². The van der Waals surface area contributed by atoms with E-state index in [2.05, 4.69) is 15.6 Å². The molecular formula is C21H15F2N3O2. The van der Waals surface area contributed by atoms with Crippen LogP contribution in [0.25, 0.3) is 11.0 Å². The van der Waals surface area contributed by atoms with Gasteiger partial charge in [-0.25, -0.2) is 4.98 Å². The fraction of sp³-hybridized carbons (Fsp3) is 0.238. The standard InChI is InChI=1S/C21H15F2N3O2/c1-3-11-5-4-6-13-18(11)16-10-17(25(2)20(13)27)19-24-14-8-7-12(28-21(22)23)9-15(14)26(16)19/h1,4-9,16-17,21H,10H2,2H3/t16-,17-/m1/s1/i2D3. The number of imidazole rings is 1. The zero-order valence-electron chi connectivity index (χ0n) is 17.4. The summed E-state index contributed by atoms with van der Waals surface area (Å²) >= 11 is 0. The van der Waals surface area contributed by atoms with Crippen LogP contribution in [-0.4, -0.2) is 33.9 Å². The number of fused-ring (bicyclic) bond motifs is 9. The summed E-state index contributed by atoms with van der Waals surface area (Å²) in [5.41, 5.74) is 2.19. The average molecular weight is 382 g/mol. The SMILES string of the molecule is [2H]C([2H])([2H])N1C(=O)c2cccc(C#C)c2[C@H]2C[C@@H]1c1nc3ccc(OC(F)F)cc3n12. The fourth-order valence-corrected chi connectivity index (χ4v) is 4.23. The molecule has 2 aromatic carbocycles. The van der Waals surface area contributed by atoms with Gasteiger partial charge in [-0.3, -0.25) is 4.79 Å². The number of nitrogens with zero attached hydrogens (tertiary/aromatic N) is 3. The number of hydrogen-bond donors (Lipinski definition) is 0. The molecule has 0 fully saturated rings. The van der Waals surface area contributed by atoms with Gasteiger partial charge in [0.1, 0.15) is 11.6 Å². The van der Waals surface area contributed by atoms with Gasteiger partial charge in [-0.05, 0) is 24.3 Å². The molecule has 1 amide bonds. The minimum absolute atomic E-state index is 0.0429. The molecule has 2 aliphatic heterocycles. The zero-order valence-corrected chi connectivity index (χ0v) is 14.4. The molecule has 0 N–H and O–H groups in total. The molecule has 2 aliphatic rings. The number of amides is 1. The van der Waals surface area contributed by atoms with Crippen LogP contribution in [0.15, 0.2) is 36.4 Å². The summed E-state index contributed by atoms with van der Waals surface area (Å²) < 4.78 is 55.8. The van der Waals surface area contributed by atoms with Crippen molar-refractivity contribution in [1.82, 2.24) is 14.5 Å². The van der Waals surface area contributed by atoms with Crippen LogP contribution in [0.1, 0.15) is 49.9 Å². The van der Waals surface area contributed by atoms with E-state index in [1.165, 1.54) is 18.2 Å². The number of rotatable bonds is 2. The van der Waals surface area contributed by atoms with Crippen LogP contribution in [0.4, 0.5) is 8.78 Å². The molecule has 0 saturated carbocycles. The summed E-state index contributed by atoms with van der Waals surface area (Å²) in [7, 11) is 0. The lowest BCUT2D eigenvalue weighted by Gasteiger charge is -2.24. The lowest BCUT2D eigenvalue weighted by Crippen LogP contribution is -2.30. The van der Waals surface area contributed by atoms with E-state index in [-0.39, 0.29) is 17.7 Å². The molecule has 5 rings (SSSR count). The van der Waals surface area contributed by atoms with Gasteiger partial charge in [0.25, 0.3) is 5.91 Å². The summed E-state index contributed by atoms with van der Waals surface area (Å²) in [5.74, 6) is 2.27. The van der Waals surface area contributed by atoms with Gasteiger partial charge in [0.2, 0.25) is 0 Å². The smallest absolute Gasteiger partial charge is 0.387 e. The third-order valence-electron chi connectivity index (χ3n) is 5.33. The number of terminal acetylenes is 1. The Bertz CT molecular complexity index is 1280. The Kier molecular flexibility index (Phi) is 2.84. The van der Waals surface area contributed by atoms with Crippen molar-refractivity contribution in [1.29, 1.82) is 0 Å². The zero-order chi connectivity index (χ0) is 22.1. The van der Waals surface area contributed by atoms with Gasteiger partial charge in [-0.1, -0.05) is 12.0 Å². The molecule has 0 spiro atoms. The summed E-state index contributed by atoms with van der Waals surface area (Å²) in [5, 5.41) is 0. The number of carbonyl (C=O) groups is 1. The van der Waals surface area contributed by atoms with Crippen molar-refractivity contribution in [3.63, 3.8) is 0 Å². The first kappa shape index (κ1) is 13.7. The van der Waals surface area contributed by atoms with Crippen LogP contribution in [0, 0.1) is 12.3 Å². The van der Waals surface area contributed by atoms with Crippen LogP contribution >= 0.6 is 0 Å². The molecular weight excluding hydrogens is 364 g/mol. The van der Waals surface area contributed by atoms with Crippen molar-refractivity contribution in [2.24, 2.45) is 0 Å². The van der Waals surface area contributed by atoms with E-state index in [0.29, 0.717) is 28.0 Å². The van der Waals surface area contributed by atoms with Gasteiger partial charge in [-0.2, -0.15) is 8.78 Å². The van der Waals surface area contributed by atoms with E-state index >= 15 is 0 Å². The highest BCUT2D eigenvalue weighted by Gasteiger charge is 2.44. The lowest BCUT2D eigenvalue weighted by molar-refractivity contribution is -0.0497. The van der Waals surface area contributed by atoms with Crippen molar-refractivity contribution < 1.29 is 22.4 Å². The molecule has 28 heavy (non-hydrogen) atoms. The number of carbonyl (C=O) groups excluding carboxylic acids is 1. The van der Waals surface area contributed by atoms with Gasteiger partial charge in [0.15, 0.2) is 0 Å². The topological polar surface area (TPSA) is 47.4 Å². The van der Waals surface area contributed by atoms with E-state index < -0.39 is 31.6 Å². The van der Waals surface area contributed by atoms with Crippen LogP contribution in [0.2, 0.25) is 0 Å². The molecule has 2 bridgehead atoms. The molecule has 0 saturated heterocycles. The number of alkyl halides is 2. The minimum Gasteiger partial charge on any atom is -0.435 e. The second-order valence-corrected chi connectivity index (χ2v) is 6.72. The van der Waals surface area contributed by atoms with Crippen molar-refractivity contribution in [2.75, 3.05) is 6.98 Å². The molecule has 1 aromatic heterocycles. The molecule has 0 aliphatic carbocycles. The Morgan fingerprint density at radius 3 is 2.96 bits per heavy atom. The Hall–Kier alpha value is -3.40. The molecule has 0 unspecified atom stereocenters. The van der Waals surface area contributed by atoms with Gasteiger partial charge >= 0.3 is 6.61 Å². The van der Waals surface area contributed by atoms with E-state index in [9.17, 15) is 13.6 Å². The predicted molar refractivity (Wildman–Crippen MR) is 98.3 cm³/mol. The maximum absolute atomic E-state index is 13.3. The molecule has 3 heterocycles. The molecule has 7 heteroatoms. The monoisotopic (exact) mass is 382 g/mol. The first-order chi connectivity index (χ1) is 14.7. The third-order valence-corrected chi connectivity index (χ3v) is 5.33. The minimum atomic E-state index is -2.99. The summed E-state index contributed by atoms with van der Waals surface area (Å²) in [6.45, 7) is -5.70. The Morgan fingerprint density at radius 2 is 2.21 bits per heavy atom. The van der Waals surface area contributed by atoms with Crippen LogP contribution in [-0.2, 0) is 0 Å². The maximum Gasteiger partial charge on any atom is 0.387 e. The third kappa shape index (κ3) is 2.18. The highest BCUT2D eigenvalue weighted by atomic mass is 19.3. The summed E-state index contributed by atoms with van der Waals surface area (Å²) in [4.78, 5) is 18.7. The summed E-state index contributed by atoms with van der Waals surface area (Å²) in [6.07, 6.45) is 5.95. The highest BCUT2D eigenvalue weighted by molar-refractivity contribution is 5.97. The van der Waals surface area contributed by atoms with Gasteiger partial charge < -0.3 is 14.2 Å². The first-order valence-corrected chi connectivity index (χ1v) is 8.60. The van der Waals surface area contributed by atoms with E-state index in [0.717, 1.165) is 4.90 Å². The van der Waals surface area contributed by atoms with Crippen molar-refractivity contribution >= 4 is 16.9 Å². The van der Waals surface area contributed by atoms with Gasteiger partial charge in [-0.15, -0.1) is 6.42 Å². The van der Waals surface area contributed by atoms with Crippen LogP contribution in [0.3, 0.4) is 0 Å². The lowest BCUT2D eigenvalue weighted by atomic mass is 9.94. The second-order valence-electron chi connectivity index (χ2n) is 6.72. The number of halogens is 2. The van der Waals surface area contributed by atoms with E-state index in [1.807, 2.05) is 0 Å². The second kappa shape index (κ2) is 5.80. The molecule has 140 valence electrons. The van der Waals surface area contributed by atoms with E-state index in [1.54, 1.807) is 22.8 Å². The van der Waals surface area contributed by atoms with Crippen molar-refractivity contribution in [2.45, 2.75) is 25.1 Å². The molecule has 3 aromatic rings. The molecule has 0 radical (unpaired) electrons. The molecule has 2 atom stereocenters. The Labute approximate surface area is 163 Å². The number of hydrogen-bond acceptors (Lipinski definition) is 3. The average Bonchev–Trinajstić information content (AvgIpc) is 3.19. The molecule has 5 nitrogen and oxygen atoms in total.